The summed E-state index contributed by atoms with van der Waals surface area (Å²) < 4.78 is 78.7. The van der Waals surface area contributed by atoms with Gasteiger partial charge in [-0.05, 0) is 24.3 Å². The number of hydrogen-bond donors (Lipinski definition) is 0. The second-order valence-electron chi connectivity index (χ2n) is 4.62. The van der Waals surface area contributed by atoms with Crippen molar-refractivity contribution < 1.29 is 30.4 Å². The van der Waals surface area contributed by atoms with Gasteiger partial charge in [0, 0.05) is 13.7 Å². The van der Waals surface area contributed by atoms with Crippen molar-refractivity contribution in [2.75, 3.05) is 32.6 Å². The van der Waals surface area contributed by atoms with Gasteiger partial charge in [0.1, 0.15) is 0 Å². The molecule has 0 saturated heterocycles. The number of ether oxygens (including phenoxy) is 1. The van der Waals surface area contributed by atoms with Crippen molar-refractivity contribution in [2.45, 2.75) is 23.1 Å². The minimum absolute atomic E-state index is 0.0174. The molecule has 0 heterocycles. The molecule has 0 unspecified atom stereocenters. The quantitative estimate of drug-likeness (QED) is 0.655. The number of rotatable bonds is 9. The molecule has 0 fully saturated rings. The van der Waals surface area contributed by atoms with Crippen LogP contribution < -0.4 is 0 Å². The van der Waals surface area contributed by atoms with E-state index in [4.69, 9.17) is 4.74 Å². The summed E-state index contributed by atoms with van der Waals surface area (Å²) in [7, 11) is -6.29. The molecule has 0 aromatic heterocycles. The van der Waals surface area contributed by atoms with Crippen LogP contribution in [-0.2, 0) is 24.6 Å². The predicted molar refractivity (Wildman–Crippen MR) is 80.8 cm³/mol. The van der Waals surface area contributed by atoms with Crippen LogP contribution in [0.25, 0.3) is 0 Å². The highest BCUT2D eigenvalue weighted by Gasteiger charge is 2.27. The molecule has 0 aliphatic rings. The van der Waals surface area contributed by atoms with Gasteiger partial charge in [0.15, 0.2) is 9.84 Å². The Morgan fingerprint density at radius 1 is 1.09 bits per heavy atom. The number of benzene rings is 1. The van der Waals surface area contributed by atoms with E-state index in [1.807, 2.05) is 0 Å². The summed E-state index contributed by atoms with van der Waals surface area (Å²) in [6.45, 7) is 0.252. The first-order chi connectivity index (χ1) is 10.6. The number of methoxy groups -OCH3 is 1. The van der Waals surface area contributed by atoms with Crippen molar-refractivity contribution in [1.29, 1.82) is 0 Å². The van der Waals surface area contributed by atoms with E-state index in [9.17, 15) is 25.6 Å². The molecule has 0 saturated carbocycles. The number of hydrogen-bond acceptors (Lipinski definition) is 5. The summed E-state index contributed by atoms with van der Waals surface area (Å²) >= 11 is 0. The summed E-state index contributed by atoms with van der Waals surface area (Å²) in [5, 5.41) is 0. The number of alkyl halides is 2. The van der Waals surface area contributed by atoms with Gasteiger partial charge in [0.05, 0.1) is 28.7 Å². The van der Waals surface area contributed by atoms with Crippen LogP contribution >= 0.6 is 0 Å². The molecule has 1 aromatic carbocycles. The third-order valence-corrected chi connectivity index (χ3v) is 6.72. The summed E-state index contributed by atoms with van der Waals surface area (Å²) in [6, 6.07) is 4.51. The van der Waals surface area contributed by atoms with Gasteiger partial charge in [-0.2, -0.15) is 4.31 Å². The summed E-state index contributed by atoms with van der Waals surface area (Å²) in [4.78, 5) is -0.263. The summed E-state index contributed by atoms with van der Waals surface area (Å²) in [5.74, 6) is -0.121. The van der Waals surface area contributed by atoms with Gasteiger partial charge in [-0.25, -0.2) is 25.6 Å². The fourth-order valence-electron chi connectivity index (χ4n) is 1.79. The normalized spacial score (nSPS) is 13.0. The lowest BCUT2D eigenvalue weighted by Crippen LogP contribution is -2.37. The highest BCUT2D eigenvalue weighted by molar-refractivity contribution is 7.91. The molecular weight excluding hydrogens is 352 g/mol. The maximum atomic E-state index is 12.6. The third-order valence-electron chi connectivity index (χ3n) is 3.09. The summed E-state index contributed by atoms with van der Waals surface area (Å²) in [5.41, 5.74) is 0. The van der Waals surface area contributed by atoms with Crippen LogP contribution in [-0.4, -0.2) is 60.1 Å². The van der Waals surface area contributed by atoms with Gasteiger partial charge in [-0.3, -0.25) is 0 Å². The standard InChI is InChI=1S/C13H19F2NO5S2/c1-3-22(17,18)11-4-6-12(7-5-11)23(19,20)16(8-9-21-2)10-13(14)15/h4-7,13H,3,8-10H2,1-2H3. The van der Waals surface area contributed by atoms with Crippen LogP contribution in [0.4, 0.5) is 8.78 Å². The van der Waals surface area contributed by atoms with Crippen molar-refractivity contribution in [1.82, 2.24) is 4.31 Å². The monoisotopic (exact) mass is 371 g/mol. The average Bonchev–Trinajstić information content (AvgIpc) is 2.51. The van der Waals surface area contributed by atoms with Gasteiger partial charge in [0.2, 0.25) is 10.0 Å². The Morgan fingerprint density at radius 2 is 1.61 bits per heavy atom. The lowest BCUT2D eigenvalue weighted by molar-refractivity contribution is 0.106. The van der Waals surface area contributed by atoms with E-state index >= 15 is 0 Å². The lowest BCUT2D eigenvalue weighted by atomic mass is 10.4. The molecule has 10 heteroatoms. The number of sulfone groups is 1. The van der Waals surface area contributed by atoms with E-state index in [0.717, 1.165) is 24.3 Å². The largest absolute Gasteiger partial charge is 0.383 e. The van der Waals surface area contributed by atoms with Crippen molar-refractivity contribution in [3.8, 4) is 0 Å². The maximum Gasteiger partial charge on any atom is 0.252 e. The highest BCUT2D eigenvalue weighted by Crippen LogP contribution is 2.20. The van der Waals surface area contributed by atoms with Crippen LogP contribution in [0, 0.1) is 0 Å². The highest BCUT2D eigenvalue weighted by atomic mass is 32.2. The molecule has 0 aliphatic carbocycles. The van der Waals surface area contributed by atoms with E-state index in [0.29, 0.717) is 4.31 Å². The molecule has 132 valence electrons. The Bertz CT molecular complexity index is 702. The minimum Gasteiger partial charge on any atom is -0.383 e. The van der Waals surface area contributed by atoms with E-state index in [2.05, 4.69) is 0 Å². The molecule has 0 aliphatic heterocycles. The molecule has 23 heavy (non-hydrogen) atoms. The molecule has 0 spiro atoms. The van der Waals surface area contributed by atoms with Gasteiger partial charge in [0.25, 0.3) is 6.43 Å². The van der Waals surface area contributed by atoms with E-state index in [-0.39, 0.29) is 28.7 Å². The molecule has 0 N–H and O–H groups in total. The van der Waals surface area contributed by atoms with Crippen molar-refractivity contribution in [3.05, 3.63) is 24.3 Å². The molecule has 0 bridgehead atoms. The van der Waals surface area contributed by atoms with Crippen LogP contribution in [0.2, 0.25) is 0 Å². The fraction of sp³-hybridized carbons (Fsp3) is 0.538. The molecule has 1 rings (SSSR count). The Morgan fingerprint density at radius 3 is 2.04 bits per heavy atom. The SMILES string of the molecule is CCS(=O)(=O)c1ccc(S(=O)(=O)N(CCOC)CC(F)F)cc1. The van der Waals surface area contributed by atoms with Crippen molar-refractivity contribution in [2.24, 2.45) is 0 Å². The van der Waals surface area contributed by atoms with Gasteiger partial charge in [-0.15, -0.1) is 0 Å². The van der Waals surface area contributed by atoms with Crippen LogP contribution in [0.1, 0.15) is 6.92 Å². The Kier molecular flexibility index (Phi) is 7.05. The molecule has 0 radical (unpaired) electrons. The van der Waals surface area contributed by atoms with Gasteiger partial charge >= 0.3 is 0 Å². The van der Waals surface area contributed by atoms with Crippen molar-refractivity contribution in [3.63, 3.8) is 0 Å². The number of sulfonamides is 1. The van der Waals surface area contributed by atoms with E-state index in [1.54, 1.807) is 0 Å². The molecular formula is C13H19F2NO5S2. The zero-order valence-electron chi connectivity index (χ0n) is 12.8. The second kappa shape index (κ2) is 8.13. The number of halogens is 2. The molecule has 1 aromatic rings. The Labute approximate surface area is 135 Å². The first kappa shape index (κ1) is 19.9. The Hall–Kier alpha value is -1.10. The Balaban J connectivity index is 3.14. The van der Waals surface area contributed by atoms with E-state index < -0.39 is 32.8 Å². The maximum absolute atomic E-state index is 12.6. The van der Waals surface area contributed by atoms with Crippen molar-refractivity contribution >= 4 is 19.9 Å². The minimum atomic E-state index is -4.16. The first-order valence-electron chi connectivity index (χ1n) is 6.75. The fourth-order valence-corrected chi connectivity index (χ4v) is 4.08. The van der Waals surface area contributed by atoms with Gasteiger partial charge in [-0.1, -0.05) is 6.92 Å². The zero-order chi connectivity index (χ0) is 17.7. The average molecular weight is 371 g/mol. The molecule has 0 amide bonds. The lowest BCUT2D eigenvalue weighted by Gasteiger charge is -2.21. The predicted octanol–water partition coefficient (Wildman–Crippen LogP) is 1.38. The zero-order valence-corrected chi connectivity index (χ0v) is 14.4. The van der Waals surface area contributed by atoms with E-state index in [1.165, 1.54) is 14.0 Å². The van der Waals surface area contributed by atoms with Crippen LogP contribution in [0.15, 0.2) is 34.1 Å². The second-order valence-corrected chi connectivity index (χ2v) is 8.84. The van der Waals surface area contributed by atoms with Gasteiger partial charge < -0.3 is 4.74 Å². The summed E-state index contributed by atoms with van der Waals surface area (Å²) in [6.07, 6.45) is -2.83. The number of nitrogens with zero attached hydrogens (tertiary/aromatic N) is 1. The first-order valence-corrected chi connectivity index (χ1v) is 9.84. The smallest absolute Gasteiger partial charge is 0.252 e. The topological polar surface area (TPSA) is 80.8 Å². The van der Waals surface area contributed by atoms with Crippen LogP contribution in [0.5, 0.6) is 0 Å². The van der Waals surface area contributed by atoms with Crippen LogP contribution in [0.3, 0.4) is 0 Å². The molecule has 0 atom stereocenters. The molecule has 6 nitrogen and oxygen atoms in total. The third kappa shape index (κ3) is 5.20.